The number of hydrogen-bond acceptors (Lipinski definition) is 0. The van der Waals surface area contributed by atoms with E-state index in [1.807, 2.05) is 0 Å². The number of rotatable bonds is 7. The average Bonchev–Trinajstić information content (AvgIpc) is 4.34. The second-order valence-corrected chi connectivity index (χ2v) is 20.6. The van der Waals surface area contributed by atoms with Gasteiger partial charge in [0.15, 0.2) is 0 Å². The molecule has 0 saturated heterocycles. The van der Waals surface area contributed by atoms with Gasteiger partial charge < -0.3 is 0 Å². The molecule has 0 fully saturated rings. The van der Waals surface area contributed by atoms with Crippen LogP contribution in [0.25, 0.3) is 101 Å². The molecular formula is C73H46. The summed E-state index contributed by atoms with van der Waals surface area (Å²) >= 11 is 0. The fourth-order valence-electron chi connectivity index (χ4n) is 13.4. The molecule has 0 spiro atoms. The van der Waals surface area contributed by atoms with Crippen LogP contribution in [0, 0.1) is 0 Å². The van der Waals surface area contributed by atoms with Crippen molar-refractivity contribution in [1.82, 2.24) is 0 Å². The minimum Gasteiger partial charge on any atom is -0.0622 e. The fourth-order valence-corrected chi connectivity index (χ4v) is 13.4. The topological polar surface area (TPSA) is 0 Å². The van der Waals surface area contributed by atoms with Crippen LogP contribution in [0.3, 0.4) is 0 Å². The van der Waals surface area contributed by atoms with E-state index in [-0.39, 0.29) is 0 Å². The maximum absolute atomic E-state index is 2.58. The van der Waals surface area contributed by atoms with Gasteiger partial charge in [-0.1, -0.05) is 224 Å². The van der Waals surface area contributed by atoms with Crippen LogP contribution in [0.5, 0.6) is 0 Å². The normalized spacial score (nSPS) is 15.3. The Hall–Kier alpha value is -9.10. The van der Waals surface area contributed by atoms with Gasteiger partial charge in [-0.15, -0.1) is 0 Å². The molecule has 0 N–H and O–H groups in total. The van der Waals surface area contributed by atoms with E-state index in [0.717, 1.165) is 19.3 Å². The first-order valence-electron chi connectivity index (χ1n) is 25.9. The van der Waals surface area contributed by atoms with Crippen LogP contribution in [0.15, 0.2) is 258 Å². The molecule has 338 valence electrons. The zero-order valence-corrected chi connectivity index (χ0v) is 40.2. The van der Waals surface area contributed by atoms with Gasteiger partial charge in [-0.3, -0.25) is 0 Å². The zero-order valence-electron chi connectivity index (χ0n) is 40.2. The van der Waals surface area contributed by atoms with Crippen LogP contribution in [-0.2, 0) is 19.3 Å². The standard InChI is InChI=1S/C73H46/c1-3-15-44(16-4-1)62-42-65-64(43-63(62)56-28-14-27-55(41-56)60-33-31-48-30-29-46-25-13-26-47-32-34-61(60)67(48)66(46)47)68(57-35-49-19-7-8-20-50(49)36-57)73-71(59-39-53-23-11-12-24-54(53)40-59)70(58-37-51-21-9-10-22-52(51)38-58)69(72(65)73)45-17-5-2-6-18-45/h1-35,37,39,41-43H,36,38,40H2. The summed E-state index contributed by atoms with van der Waals surface area (Å²) in [5.74, 6) is 0. The van der Waals surface area contributed by atoms with Crippen molar-refractivity contribution >= 4 is 67.3 Å². The molecule has 11 aromatic rings. The Morgan fingerprint density at radius 3 is 1.27 bits per heavy atom. The highest BCUT2D eigenvalue weighted by Crippen LogP contribution is 2.63. The molecule has 0 heteroatoms. The van der Waals surface area contributed by atoms with Crippen molar-refractivity contribution in [3.8, 4) is 33.4 Å². The highest BCUT2D eigenvalue weighted by atomic mass is 14.5. The van der Waals surface area contributed by atoms with Crippen LogP contribution < -0.4 is 0 Å². The van der Waals surface area contributed by atoms with Crippen molar-refractivity contribution in [1.29, 1.82) is 0 Å². The van der Waals surface area contributed by atoms with Crippen molar-refractivity contribution in [2.75, 3.05) is 0 Å². The second kappa shape index (κ2) is 15.7. The molecule has 0 amide bonds. The molecule has 0 aromatic heterocycles. The molecular weight excluding hydrogens is 877 g/mol. The summed E-state index contributed by atoms with van der Waals surface area (Å²) in [6, 6.07) is 84.6. The van der Waals surface area contributed by atoms with Gasteiger partial charge in [0, 0.05) is 0 Å². The molecule has 0 unspecified atom stereocenters. The Balaban J connectivity index is 0.986. The first-order valence-corrected chi connectivity index (χ1v) is 25.9. The molecule has 0 nitrogen and oxygen atoms in total. The molecule has 0 atom stereocenters. The molecule has 0 radical (unpaired) electrons. The van der Waals surface area contributed by atoms with Crippen LogP contribution in [-0.4, -0.2) is 0 Å². The number of allylic oxidation sites excluding steroid dienone is 9. The zero-order chi connectivity index (χ0) is 47.7. The summed E-state index contributed by atoms with van der Waals surface area (Å²) in [6.07, 6.45) is 10.2. The van der Waals surface area contributed by atoms with Crippen LogP contribution in [0.1, 0.15) is 50.1 Å². The molecule has 0 heterocycles. The lowest BCUT2D eigenvalue weighted by Crippen LogP contribution is -2.02. The van der Waals surface area contributed by atoms with Crippen molar-refractivity contribution in [3.63, 3.8) is 0 Å². The van der Waals surface area contributed by atoms with Gasteiger partial charge in [-0.2, -0.15) is 0 Å². The minimum atomic E-state index is 0.887. The Kier molecular flexibility index (Phi) is 8.73. The van der Waals surface area contributed by atoms with E-state index in [9.17, 15) is 0 Å². The van der Waals surface area contributed by atoms with E-state index < -0.39 is 0 Å². The van der Waals surface area contributed by atoms with Crippen molar-refractivity contribution in [2.45, 2.75) is 19.3 Å². The largest absolute Gasteiger partial charge is 0.0622 e. The molecule has 11 aromatic carbocycles. The first-order chi connectivity index (χ1) is 36.2. The Morgan fingerprint density at radius 1 is 0.233 bits per heavy atom. The van der Waals surface area contributed by atoms with Crippen LogP contribution in [0.2, 0.25) is 0 Å². The third kappa shape index (κ3) is 6.14. The number of hydrogen-bond donors (Lipinski definition) is 0. The van der Waals surface area contributed by atoms with Gasteiger partial charge >= 0.3 is 0 Å². The summed E-state index contributed by atoms with van der Waals surface area (Å²) in [7, 11) is 0. The predicted molar refractivity (Wildman–Crippen MR) is 308 cm³/mol. The van der Waals surface area contributed by atoms with Crippen molar-refractivity contribution in [2.24, 2.45) is 0 Å². The molecule has 0 bridgehead atoms. The quantitative estimate of drug-likeness (QED) is 0.140. The first kappa shape index (κ1) is 40.6. The SMILES string of the molecule is C1=C(C2=C(C3=Cc4ccccc4C3)C(c3ccccc3)=C3C2=C(C2=Cc4ccccc4C2)c2cc(-c4cccc(-c5ccc6ccc7cccc8ccc5c6c78)c4)c(-c4ccccc4)cc23)Cc2ccccc21. The van der Waals surface area contributed by atoms with Gasteiger partial charge in [0.1, 0.15) is 0 Å². The van der Waals surface area contributed by atoms with E-state index in [4.69, 9.17) is 0 Å². The molecule has 5 aliphatic carbocycles. The average molecular weight is 923 g/mol. The monoisotopic (exact) mass is 922 g/mol. The third-order valence-electron chi connectivity index (χ3n) is 16.6. The highest BCUT2D eigenvalue weighted by Gasteiger charge is 2.43. The lowest BCUT2D eigenvalue weighted by Gasteiger charge is -2.20. The predicted octanol–water partition coefficient (Wildman–Crippen LogP) is 18.5. The second-order valence-electron chi connectivity index (χ2n) is 20.6. The number of benzene rings is 11. The summed E-state index contributed by atoms with van der Waals surface area (Å²) in [5, 5.41) is 7.85. The molecule has 5 aliphatic rings. The van der Waals surface area contributed by atoms with E-state index in [0.29, 0.717) is 0 Å². The maximum Gasteiger partial charge on any atom is -0.000731 e. The fraction of sp³-hybridized carbons (Fsp3) is 0.0411. The molecule has 73 heavy (non-hydrogen) atoms. The van der Waals surface area contributed by atoms with Gasteiger partial charge in [-0.05, 0) is 203 Å². The highest BCUT2D eigenvalue weighted by molar-refractivity contribution is 6.27. The molecule has 16 rings (SSSR count). The summed E-state index contributed by atoms with van der Waals surface area (Å²) in [5.41, 5.74) is 31.9. The Morgan fingerprint density at radius 2 is 0.671 bits per heavy atom. The Bertz CT molecular complexity index is 4390. The van der Waals surface area contributed by atoms with E-state index in [1.165, 1.54) is 166 Å². The number of fused-ring (bicyclic) bond motifs is 6. The summed E-state index contributed by atoms with van der Waals surface area (Å²) in [4.78, 5) is 0. The Labute approximate surface area is 425 Å². The lowest BCUT2D eigenvalue weighted by atomic mass is 9.83. The maximum atomic E-state index is 2.58. The third-order valence-corrected chi connectivity index (χ3v) is 16.6. The van der Waals surface area contributed by atoms with Crippen LogP contribution in [0.4, 0.5) is 0 Å². The van der Waals surface area contributed by atoms with Gasteiger partial charge in [0.2, 0.25) is 0 Å². The van der Waals surface area contributed by atoms with Gasteiger partial charge in [0.25, 0.3) is 0 Å². The minimum absolute atomic E-state index is 0.887. The van der Waals surface area contributed by atoms with E-state index in [2.05, 4.69) is 243 Å². The smallest absolute Gasteiger partial charge is 0.000731 e. The van der Waals surface area contributed by atoms with Gasteiger partial charge in [-0.25, -0.2) is 0 Å². The van der Waals surface area contributed by atoms with Gasteiger partial charge in [0.05, 0.1) is 0 Å². The van der Waals surface area contributed by atoms with Crippen LogP contribution >= 0.6 is 0 Å². The molecule has 0 saturated carbocycles. The summed E-state index contributed by atoms with van der Waals surface area (Å²) in [6.45, 7) is 0. The summed E-state index contributed by atoms with van der Waals surface area (Å²) < 4.78 is 0. The lowest BCUT2D eigenvalue weighted by molar-refractivity contribution is 1.17. The van der Waals surface area contributed by atoms with E-state index in [1.54, 1.807) is 0 Å². The van der Waals surface area contributed by atoms with Crippen molar-refractivity contribution < 1.29 is 0 Å². The van der Waals surface area contributed by atoms with E-state index >= 15 is 0 Å². The van der Waals surface area contributed by atoms with Crippen molar-refractivity contribution in [3.05, 3.63) is 308 Å². The molecule has 0 aliphatic heterocycles.